The van der Waals surface area contributed by atoms with Crippen LogP contribution in [0.25, 0.3) is 0 Å². The van der Waals surface area contributed by atoms with E-state index in [0.29, 0.717) is 0 Å². The summed E-state index contributed by atoms with van der Waals surface area (Å²) in [7, 11) is -4.27. The van der Waals surface area contributed by atoms with Gasteiger partial charge < -0.3 is 0 Å². The van der Waals surface area contributed by atoms with Crippen LogP contribution in [0.15, 0.2) is 29.2 Å². The second-order valence-corrected chi connectivity index (χ2v) is 4.26. The zero-order valence-electron chi connectivity index (χ0n) is 7.56. The Morgan fingerprint density at radius 2 is 1.56 bits per heavy atom. The first-order valence-electron chi connectivity index (χ1n) is 3.74. The van der Waals surface area contributed by atoms with E-state index in [9.17, 15) is 28.6 Å². The van der Waals surface area contributed by atoms with Crippen molar-refractivity contribution >= 4 is 15.7 Å². The van der Waals surface area contributed by atoms with Gasteiger partial charge in [0.25, 0.3) is 5.69 Å². The molecule has 0 saturated carbocycles. The molecule has 9 nitrogen and oxygen atoms in total. The summed E-state index contributed by atoms with van der Waals surface area (Å²) in [5, 5.41) is 19.0. The molecule has 0 aliphatic rings. The fourth-order valence-corrected chi connectivity index (χ4v) is 1.69. The summed E-state index contributed by atoms with van der Waals surface area (Å²) >= 11 is 0. The average molecular weight is 247 g/mol. The molecule has 1 rings (SSSR count). The highest BCUT2D eigenvalue weighted by molar-refractivity contribution is 7.89. The maximum absolute atomic E-state index is 11.2. The van der Waals surface area contributed by atoms with Crippen LogP contribution in [0.2, 0.25) is 0 Å². The molecule has 0 radical (unpaired) electrons. The molecule has 0 fully saturated rings. The van der Waals surface area contributed by atoms with Gasteiger partial charge in [0.05, 0.1) is 9.82 Å². The fraction of sp³-hybridized carbons (Fsp3) is 0. The molecule has 0 aliphatic heterocycles. The monoisotopic (exact) mass is 247 g/mol. The lowest BCUT2D eigenvalue weighted by molar-refractivity contribution is -0.518. The van der Waals surface area contributed by atoms with E-state index in [1.165, 1.54) is 0 Å². The van der Waals surface area contributed by atoms with Crippen LogP contribution in [0, 0.1) is 20.2 Å². The lowest BCUT2D eigenvalue weighted by atomic mass is 10.3. The maximum Gasteiger partial charge on any atom is 0.311 e. The van der Waals surface area contributed by atoms with Gasteiger partial charge in [-0.05, 0) is 17.0 Å². The Labute approximate surface area is 89.0 Å². The third kappa shape index (κ3) is 2.63. The highest BCUT2D eigenvalue weighted by atomic mass is 32.2. The molecule has 10 heteroatoms. The number of nitrogens with zero attached hydrogens (tertiary/aromatic N) is 2. The molecule has 1 aromatic carbocycles. The van der Waals surface area contributed by atoms with E-state index in [1.807, 2.05) is 0 Å². The normalized spacial score (nSPS) is 10.8. The van der Waals surface area contributed by atoms with Gasteiger partial charge in [0.1, 0.15) is 0 Å². The van der Waals surface area contributed by atoms with Crippen LogP contribution in [-0.4, -0.2) is 18.4 Å². The number of rotatable bonds is 4. The van der Waals surface area contributed by atoms with Crippen LogP contribution in [0.5, 0.6) is 0 Å². The van der Waals surface area contributed by atoms with Gasteiger partial charge in [-0.1, -0.05) is 0 Å². The third-order valence-corrected chi connectivity index (χ3v) is 2.83. The minimum atomic E-state index is -4.27. The Morgan fingerprint density at radius 3 is 1.94 bits per heavy atom. The standard InChI is InChI=1S/C6H5N3O6S/c10-8(11)5-1-3-6(4-2-5)16(14,15)7-9(12)13/h1-4,7H. The molecule has 0 atom stereocenters. The van der Waals surface area contributed by atoms with Crippen LogP contribution in [0.3, 0.4) is 0 Å². The maximum atomic E-state index is 11.2. The molecule has 0 aromatic heterocycles. The smallest absolute Gasteiger partial charge is 0.258 e. The number of sulfonamides is 1. The van der Waals surface area contributed by atoms with Crippen molar-refractivity contribution in [2.24, 2.45) is 0 Å². The molecule has 0 unspecified atom stereocenters. The summed E-state index contributed by atoms with van der Waals surface area (Å²) in [6.45, 7) is 0. The van der Waals surface area contributed by atoms with Gasteiger partial charge in [-0.3, -0.25) is 10.1 Å². The van der Waals surface area contributed by atoms with Gasteiger partial charge in [-0.2, -0.15) is 8.42 Å². The molecule has 16 heavy (non-hydrogen) atoms. The Balaban J connectivity index is 3.07. The SMILES string of the molecule is O=[N+]([O-])NS(=O)(=O)c1ccc([N+](=O)[O-])cc1. The van der Waals surface area contributed by atoms with Crippen LogP contribution in [-0.2, 0) is 10.0 Å². The molecular formula is C6H5N3O6S. The molecule has 0 bridgehead atoms. The Bertz CT molecular complexity index is 522. The van der Waals surface area contributed by atoms with Gasteiger partial charge in [-0.15, -0.1) is 0 Å². The second-order valence-electron chi connectivity index (χ2n) is 2.60. The summed E-state index contributed by atoms with van der Waals surface area (Å²) in [4.78, 5) is 20.2. The summed E-state index contributed by atoms with van der Waals surface area (Å²) < 4.78 is 22.4. The highest BCUT2D eigenvalue weighted by Crippen LogP contribution is 2.15. The zero-order valence-corrected chi connectivity index (χ0v) is 8.38. The number of nitro groups is 2. The number of hydrogen-bond donors (Lipinski definition) is 1. The molecule has 0 spiro atoms. The number of hydrazine groups is 1. The van der Waals surface area contributed by atoms with Crippen LogP contribution >= 0.6 is 0 Å². The van der Waals surface area contributed by atoms with Crippen molar-refractivity contribution in [2.45, 2.75) is 4.90 Å². The predicted molar refractivity (Wildman–Crippen MR) is 50.4 cm³/mol. The molecule has 0 saturated heterocycles. The van der Waals surface area contributed by atoms with E-state index in [0.717, 1.165) is 29.1 Å². The van der Waals surface area contributed by atoms with Crippen molar-refractivity contribution in [2.75, 3.05) is 0 Å². The average Bonchev–Trinajstić information content (AvgIpc) is 2.16. The van der Waals surface area contributed by atoms with Crippen molar-refractivity contribution in [3.63, 3.8) is 0 Å². The minimum Gasteiger partial charge on any atom is -0.258 e. The molecule has 0 amide bonds. The van der Waals surface area contributed by atoms with Gasteiger partial charge in [0.15, 0.2) is 5.03 Å². The largest absolute Gasteiger partial charge is 0.311 e. The topological polar surface area (TPSA) is 132 Å². The van der Waals surface area contributed by atoms with Gasteiger partial charge in [0, 0.05) is 12.1 Å². The lowest BCUT2D eigenvalue weighted by Crippen LogP contribution is -2.29. The summed E-state index contributed by atoms with van der Waals surface area (Å²) in [5.74, 6) is 0. The van der Waals surface area contributed by atoms with E-state index in [1.54, 1.807) is 0 Å². The Kier molecular flexibility index (Phi) is 3.04. The quantitative estimate of drug-likeness (QED) is 0.591. The summed E-state index contributed by atoms with van der Waals surface area (Å²) in [5.41, 5.74) is -0.306. The van der Waals surface area contributed by atoms with Crippen LogP contribution < -0.4 is 4.83 Å². The van der Waals surface area contributed by atoms with E-state index in [-0.39, 0.29) is 5.69 Å². The van der Waals surface area contributed by atoms with Crippen molar-refractivity contribution in [1.29, 1.82) is 0 Å². The summed E-state index contributed by atoms with van der Waals surface area (Å²) in [6, 6.07) is 3.69. The molecule has 1 N–H and O–H groups in total. The van der Waals surface area contributed by atoms with E-state index in [2.05, 4.69) is 0 Å². The van der Waals surface area contributed by atoms with Crippen molar-refractivity contribution < 1.29 is 18.4 Å². The van der Waals surface area contributed by atoms with Crippen LogP contribution in [0.4, 0.5) is 5.69 Å². The molecule has 1 aromatic rings. The van der Waals surface area contributed by atoms with E-state index >= 15 is 0 Å². The van der Waals surface area contributed by atoms with Crippen molar-refractivity contribution in [1.82, 2.24) is 4.83 Å². The molecule has 0 heterocycles. The van der Waals surface area contributed by atoms with E-state index < -0.39 is 24.9 Å². The molecule has 86 valence electrons. The number of nitro benzene ring substituents is 1. The number of non-ortho nitro benzene ring substituents is 1. The summed E-state index contributed by atoms with van der Waals surface area (Å²) in [6.07, 6.45) is 0. The van der Waals surface area contributed by atoms with Gasteiger partial charge >= 0.3 is 10.0 Å². The van der Waals surface area contributed by atoms with Gasteiger partial charge in [0.2, 0.25) is 0 Å². The van der Waals surface area contributed by atoms with Crippen LogP contribution in [0.1, 0.15) is 0 Å². The molecule has 0 aliphatic carbocycles. The Morgan fingerprint density at radius 1 is 1.06 bits per heavy atom. The Hall–Kier alpha value is -2.23. The third-order valence-electron chi connectivity index (χ3n) is 1.55. The highest BCUT2D eigenvalue weighted by Gasteiger charge is 2.19. The van der Waals surface area contributed by atoms with Gasteiger partial charge in [-0.25, -0.2) is 10.1 Å². The minimum absolute atomic E-state index is 0.306. The first kappa shape index (κ1) is 11.8. The lowest BCUT2D eigenvalue weighted by Gasteiger charge is -1.99. The number of nitrogens with one attached hydrogen (secondary N) is 1. The second kappa shape index (κ2) is 4.10. The number of hydrogen-bond acceptors (Lipinski definition) is 6. The van der Waals surface area contributed by atoms with E-state index in [4.69, 9.17) is 0 Å². The fourth-order valence-electron chi connectivity index (χ4n) is 0.898. The molecular weight excluding hydrogens is 242 g/mol. The van der Waals surface area contributed by atoms with Crippen molar-refractivity contribution in [3.8, 4) is 0 Å². The predicted octanol–water partition coefficient (Wildman–Crippen LogP) is 0.0648. The number of benzene rings is 1. The zero-order chi connectivity index (χ0) is 12.3. The van der Waals surface area contributed by atoms with Crippen molar-refractivity contribution in [3.05, 3.63) is 44.5 Å². The first-order chi connectivity index (χ1) is 7.33. The first-order valence-corrected chi connectivity index (χ1v) is 5.22.